The van der Waals surface area contributed by atoms with E-state index in [1.54, 1.807) is 6.20 Å². The van der Waals surface area contributed by atoms with Crippen molar-refractivity contribution < 1.29 is 9.90 Å². The number of aromatic nitrogens is 1. The quantitative estimate of drug-likeness (QED) is 0.929. The van der Waals surface area contributed by atoms with Crippen molar-refractivity contribution >= 4 is 5.91 Å². The molecule has 1 aliphatic heterocycles. The summed E-state index contributed by atoms with van der Waals surface area (Å²) < 4.78 is 0. The number of amides is 1. The number of β-amino-alcohol motifs (C(OH)–C–C–N with tert-alkyl or cyclic N) is 1. The Balaban J connectivity index is 1.52. The number of aliphatic hydroxyl groups excluding tert-OH is 1. The van der Waals surface area contributed by atoms with Crippen LogP contribution in [0.25, 0.3) is 0 Å². The molecule has 22 heavy (non-hydrogen) atoms. The van der Waals surface area contributed by atoms with Crippen molar-refractivity contribution in [2.24, 2.45) is 11.8 Å². The van der Waals surface area contributed by atoms with Gasteiger partial charge in [0.2, 0.25) is 5.91 Å². The maximum Gasteiger partial charge on any atom is 0.222 e. The molecule has 0 radical (unpaired) electrons. The molecule has 0 aromatic carbocycles. The van der Waals surface area contributed by atoms with Crippen LogP contribution in [0.4, 0.5) is 0 Å². The minimum absolute atomic E-state index is 0.116. The van der Waals surface area contributed by atoms with Gasteiger partial charge in [-0.2, -0.15) is 0 Å². The van der Waals surface area contributed by atoms with E-state index in [0.717, 1.165) is 12.1 Å². The van der Waals surface area contributed by atoms with Crippen molar-refractivity contribution in [2.75, 3.05) is 13.1 Å². The average Bonchev–Trinajstić information content (AvgIpc) is 2.90. The van der Waals surface area contributed by atoms with Gasteiger partial charge in [-0.05, 0) is 37.3 Å². The van der Waals surface area contributed by atoms with Crippen LogP contribution in [0.2, 0.25) is 0 Å². The van der Waals surface area contributed by atoms with E-state index in [-0.39, 0.29) is 11.8 Å². The second kappa shape index (κ2) is 7.23. The van der Waals surface area contributed by atoms with E-state index in [0.29, 0.717) is 25.4 Å². The molecule has 120 valence electrons. The van der Waals surface area contributed by atoms with E-state index in [1.165, 1.54) is 32.1 Å². The molecule has 2 fully saturated rings. The predicted octanol–water partition coefficient (Wildman–Crippen LogP) is 2.41. The van der Waals surface area contributed by atoms with E-state index in [2.05, 4.69) is 4.98 Å². The maximum atomic E-state index is 12.5. The number of pyridine rings is 1. The van der Waals surface area contributed by atoms with Gasteiger partial charge in [0.25, 0.3) is 0 Å². The predicted molar refractivity (Wildman–Crippen MR) is 85.2 cm³/mol. The van der Waals surface area contributed by atoms with Gasteiger partial charge in [0.05, 0.1) is 6.10 Å². The highest BCUT2D eigenvalue weighted by molar-refractivity contribution is 5.76. The highest BCUT2D eigenvalue weighted by atomic mass is 16.3. The molecule has 4 heteroatoms. The van der Waals surface area contributed by atoms with Crippen molar-refractivity contribution in [2.45, 2.75) is 51.0 Å². The van der Waals surface area contributed by atoms with Crippen molar-refractivity contribution in [3.8, 4) is 0 Å². The Bertz CT molecular complexity index is 485. The van der Waals surface area contributed by atoms with Crippen LogP contribution in [0.15, 0.2) is 24.4 Å². The molecule has 2 heterocycles. The smallest absolute Gasteiger partial charge is 0.222 e. The van der Waals surface area contributed by atoms with Gasteiger partial charge in [0, 0.05) is 37.3 Å². The van der Waals surface area contributed by atoms with E-state index < -0.39 is 6.10 Å². The highest BCUT2D eigenvalue weighted by Gasteiger charge is 2.34. The van der Waals surface area contributed by atoms with Crippen LogP contribution in [0, 0.1) is 11.8 Å². The molecular formula is C18H26N2O2. The van der Waals surface area contributed by atoms with Crippen LogP contribution in [0.1, 0.15) is 44.2 Å². The van der Waals surface area contributed by atoms with Gasteiger partial charge >= 0.3 is 0 Å². The van der Waals surface area contributed by atoms with Gasteiger partial charge in [-0.1, -0.05) is 25.3 Å². The summed E-state index contributed by atoms with van der Waals surface area (Å²) in [5.41, 5.74) is 0.994. The molecule has 1 saturated heterocycles. The van der Waals surface area contributed by atoms with Crippen molar-refractivity contribution in [1.82, 2.24) is 9.88 Å². The zero-order valence-corrected chi connectivity index (χ0v) is 13.2. The lowest BCUT2D eigenvalue weighted by Crippen LogP contribution is -2.31. The molecule has 0 spiro atoms. The summed E-state index contributed by atoms with van der Waals surface area (Å²) in [5.74, 6) is 0.910. The Morgan fingerprint density at radius 1 is 1.23 bits per heavy atom. The fraction of sp³-hybridized carbons (Fsp3) is 0.667. The summed E-state index contributed by atoms with van der Waals surface area (Å²) in [6.45, 7) is 1.16. The summed E-state index contributed by atoms with van der Waals surface area (Å²) in [4.78, 5) is 18.6. The lowest BCUT2D eigenvalue weighted by molar-refractivity contribution is -0.131. The normalized spacial score (nSPS) is 26.3. The summed E-state index contributed by atoms with van der Waals surface area (Å²) >= 11 is 0. The van der Waals surface area contributed by atoms with Crippen molar-refractivity contribution in [1.29, 1.82) is 0 Å². The fourth-order valence-electron chi connectivity index (χ4n) is 3.81. The molecule has 1 amide bonds. The number of likely N-dealkylation sites (tertiary alicyclic amines) is 1. The summed E-state index contributed by atoms with van der Waals surface area (Å²) in [6, 6.07) is 5.85. The third-order valence-electron chi connectivity index (χ3n) is 5.14. The van der Waals surface area contributed by atoms with E-state index >= 15 is 0 Å². The Morgan fingerprint density at radius 3 is 2.77 bits per heavy atom. The molecule has 4 nitrogen and oxygen atoms in total. The Kier molecular flexibility index (Phi) is 5.08. The average molecular weight is 302 g/mol. The SMILES string of the molecule is O=C(CC1CCCCC1)N1C[C@@H](Cc2ccccn2)[C@H](O)C1. The first-order valence-electron chi connectivity index (χ1n) is 8.58. The first-order valence-corrected chi connectivity index (χ1v) is 8.58. The lowest BCUT2D eigenvalue weighted by atomic mass is 9.87. The number of rotatable bonds is 4. The Morgan fingerprint density at radius 2 is 2.05 bits per heavy atom. The summed E-state index contributed by atoms with van der Waals surface area (Å²) in [5, 5.41) is 10.3. The number of nitrogens with zero attached hydrogens (tertiary/aromatic N) is 2. The van der Waals surface area contributed by atoms with Crippen LogP contribution >= 0.6 is 0 Å². The highest BCUT2D eigenvalue weighted by Crippen LogP contribution is 2.28. The van der Waals surface area contributed by atoms with Crippen LogP contribution in [-0.4, -0.2) is 40.1 Å². The monoisotopic (exact) mass is 302 g/mol. The van der Waals surface area contributed by atoms with Gasteiger partial charge in [-0.25, -0.2) is 0 Å². The Hall–Kier alpha value is -1.42. The molecule has 1 aliphatic carbocycles. The van der Waals surface area contributed by atoms with Crippen molar-refractivity contribution in [3.05, 3.63) is 30.1 Å². The summed E-state index contributed by atoms with van der Waals surface area (Å²) in [6.07, 6.45) is 9.02. The molecule has 2 aliphatic rings. The van der Waals surface area contributed by atoms with Gasteiger partial charge in [-0.3, -0.25) is 9.78 Å². The Labute approximate surface area is 132 Å². The minimum Gasteiger partial charge on any atom is -0.391 e. The standard InChI is InChI=1S/C18H26N2O2/c21-17-13-20(18(22)10-14-6-2-1-3-7-14)12-15(17)11-16-8-4-5-9-19-16/h4-5,8-9,14-15,17,21H,1-3,6-7,10-13H2/t15-,17-/m1/s1. The minimum atomic E-state index is -0.419. The second-order valence-electron chi connectivity index (χ2n) is 6.86. The molecule has 1 N–H and O–H groups in total. The first-order chi connectivity index (χ1) is 10.7. The molecule has 1 aromatic rings. The largest absolute Gasteiger partial charge is 0.391 e. The number of aliphatic hydroxyl groups is 1. The first kappa shape index (κ1) is 15.5. The second-order valence-corrected chi connectivity index (χ2v) is 6.86. The number of carbonyl (C=O) groups excluding carboxylic acids is 1. The molecule has 2 atom stereocenters. The van der Waals surface area contributed by atoms with E-state index in [9.17, 15) is 9.90 Å². The lowest BCUT2D eigenvalue weighted by Gasteiger charge is -2.24. The van der Waals surface area contributed by atoms with Crippen LogP contribution in [0.5, 0.6) is 0 Å². The molecule has 0 unspecified atom stereocenters. The number of hydrogen-bond acceptors (Lipinski definition) is 3. The van der Waals surface area contributed by atoms with Crippen LogP contribution in [-0.2, 0) is 11.2 Å². The van der Waals surface area contributed by atoms with E-state index in [1.807, 2.05) is 23.1 Å². The maximum absolute atomic E-state index is 12.5. The van der Waals surface area contributed by atoms with Gasteiger partial charge in [0.15, 0.2) is 0 Å². The topological polar surface area (TPSA) is 53.4 Å². The zero-order chi connectivity index (χ0) is 15.4. The molecule has 1 aromatic heterocycles. The zero-order valence-electron chi connectivity index (χ0n) is 13.2. The molecule has 1 saturated carbocycles. The molecular weight excluding hydrogens is 276 g/mol. The van der Waals surface area contributed by atoms with Crippen molar-refractivity contribution in [3.63, 3.8) is 0 Å². The molecule has 0 bridgehead atoms. The van der Waals surface area contributed by atoms with Crippen LogP contribution < -0.4 is 0 Å². The number of hydrogen-bond donors (Lipinski definition) is 1. The van der Waals surface area contributed by atoms with Gasteiger partial charge < -0.3 is 10.0 Å². The third-order valence-corrected chi connectivity index (χ3v) is 5.14. The third kappa shape index (κ3) is 3.86. The van der Waals surface area contributed by atoms with Gasteiger partial charge in [-0.15, -0.1) is 0 Å². The molecule has 3 rings (SSSR count). The van der Waals surface area contributed by atoms with Crippen LogP contribution in [0.3, 0.4) is 0 Å². The fourth-order valence-corrected chi connectivity index (χ4v) is 3.81. The summed E-state index contributed by atoms with van der Waals surface area (Å²) in [7, 11) is 0. The van der Waals surface area contributed by atoms with E-state index in [4.69, 9.17) is 0 Å². The number of carbonyl (C=O) groups is 1. The van der Waals surface area contributed by atoms with Gasteiger partial charge in [0.1, 0.15) is 0 Å².